The van der Waals surface area contributed by atoms with E-state index in [0.717, 1.165) is 54.5 Å². The van der Waals surface area contributed by atoms with E-state index >= 15 is 0 Å². The monoisotopic (exact) mass is 372 g/mol. The van der Waals surface area contributed by atoms with Gasteiger partial charge in [-0.1, -0.05) is 60.7 Å². The molecule has 28 heavy (non-hydrogen) atoms. The fourth-order valence-electron chi connectivity index (χ4n) is 3.07. The molecule has 0 radical (unpaired) electrons. The van der Waals surface area contributed by atoms with Crippen molar-refractivity contribution >= 4 is 12.2 Å². The highest BCUT2D eigenvalue weighted by molar-refractivity contribution is 5.65. The summed E-state index contributed by atoms with van der Waals surface area (Å²) in [6.07, 6.45) is 12.8. The van der Waals surface area contributed by atoms with Gasteiger partial charge in [-0.2, -0.15) is 0 Å². The molecule has 0 heterocycles. The van der Waals surface area contributed by atoms with Gasteiger partial charge in [-0.3, -0.25) is 0 Å². The zero-order valence-electron chi connectivity index (χ0n) is 16.7. The normalized spacial score (nSPS) is 12.0. The number of nitrogens with two attached hydrogens (primary N) is 2. The summed E-state index contributed by atoms with van der Waals surface area (Å²) in [7, 11) is 0. The molecule has 0 aromatic heterocycles. The second kappa shape index (κ2) is 11.8. The van der Waals surface area contributed by atoms with E-state index in [1.807, 2.05) is 12.2 Å². The quantitative estimate of drug-likeness (QED) is 0.304. The van der Waals surface area contributed by atoms with Crippen LogP contribution in [0.2, 0.25) is 0 Å². The molecule has 2 nitrogen and oxygen atoms in total. The number of hydrogen-bond acceptors (Lipinski definition) is 2. The van der Waals surface area contributed by atoms with E-state index in [-0.39, 0.29) is 0 Å². The van der Waals surface area contributed by atoms with Crippen LogP contribution in [0.5, 0.6) is 0 Å². The smallest absolute Gasteiger partial charge is 0.0352 e. The topological polar surface area (TPSA) is 52.0 Å². The number of allylic oxidation sites excluding steroid dienone is 3. The third-order valence-corrected chi connectivity index (χ3v) is 4.65. The summed E-state index contributed by atoms with van der Waals surface area (Å²) in [5.74, 6) is 0. The molecule has 4 N–H and O–H groups in total. The van der Waals surface area contributed by atoms with Crippen molar-refractivity contribution < 1.29 is 0 Å². The Bertz CT molecular complexity index is 809. The van der Waals surface area contributed by atoms with E-state index in [9.17, 15) is 0 Å². The Hall–Kier alpha value is -2.84. The van der Waals surface area contributed by atoms with Crippen molar-refractivity contribution in [2.45, 2.75) is 32.1 Å². The van der Waals surface area contributed by atoms with E-state index in [0.29, 0.717) is 6.54 Å². The molecule has 2 aromatic rings. The lowest BCUT2D eigenvalue weighted by atomic mass is 9.99. The Morgan fingerprint density at radius 2 is 1.25 bits per heavy atom. The lowest BCUT2D eigenvalue weighted by molar-refractivity contribution is 0.744. The Kier molecular flexibility index (Phi) is 9.03. The average Bonchev–Trinajstić information content (AvgIpc) is 2.70. The third-order valence-electron chi connectivity index (χ3n) is 4.65. The zero-order chi connectivity index (χ0) is 20.2. The molecule has 0 saturated carbocycles. The van der Waals surface area contributed by atoms with E-state index in [1.165, 1.54) is 11.1 Å². The van der Waals surface area contributed by atoms with Crippen LogP contribution in [0.3, 0.4) is 0 Å². The van der Waals surface area contributed by atoms with Crippen molar-refractivity contribution in [3.8, 4) is 0 Å². The maximum absolute atomic E-state index is 6.49. The van der Waals surface area contributed by atoms with Crippen LogP contribution >= 0.6 is 0 Å². The second-order valence-electron chi connectivity index (χ2n) is 6.98. The molecule has 0 aliphatic heterocycles. The van der Waals surface area contributed by atoms with Crippen LogP contribution in [0.15, 0.2) is 85.1 Å². The number of unbranched alkanes of at least 4 members (excludes halogenated alkanes) is 1. The highest BCUT2D eigenvalue weighted by Crippen LogP contribution is 2.21. The highest BCUT2D eigenvalue weighted by Gasteiger charge is 2.04. The van der Waals surface area contributed by atoms with Gasteiger partial charge in [0.1, 0.15) is 0 Å². The van der Waals surface area contributed by atoms with Gasteiger partial charge in [-0.05, 0) is 78.6 Å². The molecule has 0 aliphatic carbocycles. The molecule has 2 rings (SSSR count). The molecule has 0 bridgehead atoms. The molecule has 2 heteroatoms. The van der Waals surface area contributed by atoms with Gasteiger partial charge >= 0.3 is 0 Å². The van der Waals surface area contributed by atoms with Gasteiger partial charge in [0.15, 0.2) is 0 Å². The average molecular weight is 373 g/mol. The van der Waals surface area contributed by atoms with Crippen LogP contribution in [-0.2, 0) is 12.8 Å². The van der Waals surface area contributed by atoms with Gasteiger partial charge in [-0.15, -0.1) is 13.2 Å². The van der Waals surface area contributed by atoms with E-state index in [1.54, 1.807) is 0 Å². The largest absolute Gasteiger partial charge is 0.398 e. The number of rotatable bonds is 11. The summed E-state index contributed by atoms with van der Waals surface area (Å²) >= 11 is 0. The van der Waals surface area contributed by atoms with Crippen molar-refractivity contribution in [1.29, 1.82) is 0 Å². The lowest BCUT2D eigenvalue weighted by Gasteiger charge is -2.10. The number of benzene rings is 2. The molecule has 0 atom stereocenters. The summed E-state index contributed by atoms with van der Waals surface area (Å²) in [4.78, 5) is 0. The fraction of sp³-hybridized carbons (Fsp3) is 0.231. The predicted octanol–water partition coefficient (Wildman–Crippen LogP) is 5.66. The van der Waals surface area contributed by atoms with Crippen LogP contribution in [0.25, 0.3) is 12.2 Å². The van der Waals surface area contributed by atoms with E-state index in [4.69, 9.17) is 11.5 Å². The molecule has 2 aromatic carbocycles. The van der Waals surface area contributed by atoms with Crippen molar-refractivity contribution in [3.63, 3.8) is 0 Å². The molecule has 0 spiro atoms. The van der Waals surface area contributed by atoms with Gasteiger partial charge in [0.25, 0.3) is 0 Å². The minimum Gasteiger partial charge on any atom is -0.398 e. The van der Waals surface area contributed by atoms with Gasteiger partial charge in [0, 0.05) is 5.70 Å². The summed E-state index contributed by atoms with van der Waals surface area (Å²) in [5, 5.41) is 0. The summed E-state index contributed by atoms with van der Waals surface area (Å²) in [6.45, 7) is 8.29. The first-order chi connectivity index (χ1) is 13.7. The Balaban J connectivity index is 2.24. The molecule has 0 fully saturated rings. The second-order valence-corrected chi connectivity index (χ2v) is 6.98. The van der Waals surface area contributed by atoms with Gasteiger partial charge in [0.2, 0.25) is 0 Å². The number of hydrogen-bond donors (Lipinski definition) is 2. The fourth-order valence-corrected chi connectivity index (χ4v) is 3.07. The maximum Gasteiger partial charge on any atom is 0.0352 e. The first-order valence-corrected chi connectivity index (χ1v) is 9.94. The molecular formula is C26H32N2. The Morgan fingerprint density at radius 3 is 1.71 bits per heavy atom. The van der Waals surface area contributed by atoms with Crippen molar-refractivity contribution in [2.75, 3.05) is 6.54 Å². The highest BCUT2D eigenvalue weighted by atomic mass is 14.6. The summed E-state index contributed by atoms with van der Waals surface area (Å²) in [6, 6.07) is 17.0. The van der Waals surface area contributed by atoms with Crippen LogP contribution < -0.4 is 11.5 Å². The minimum atomic E-state index is 0.706. The SMILES string of the molecule is C=CCc1ccc(C=C(N)C(=Cc2ccc(CC=C)cc2)CCCCN)cc1. The molecule has 0 unspecified atom stereocenters. The van der Waals surface area contributed by atoms with Crippen molar-refractivity contribution in [1.82, 2.24) is 0 Å². The summed E-state index contributed by atoms with van der Waals surface area (Å²) < 4.78 is 0. The van der Waals surface area contributed by atoms with Crippen LogP contribution in [0.4, 0.5) is 0 Å². The Morgan fingerprint density at radius 1 is 0.750 bits per heavy atom. The van der Waals surface area contributed by atoms with Crippen molar-refractivity contribution in [3.05, 3.63) is 107 Å². The maximum atomic E-state index is 6.49. The molecular weight excluding hydrogens is 340 g/mol. The standard InChI is InChI=1S/C26H32N2/c1-3-7-21-10-14-23(15-11-21)19-25(9-5-6-18-27)26(28)20-24-16-12-22(8-4-2)13-17-24/h3-4,10-17,19-20H,1-2,5-9,18,27-28H2. The van der Waals surface area contributed by atoms with Gasteiger partial charge < -0.3 is 11.5 Å². The zero-order valence-corrected chi connectivity index (χ0v) is 16.7. The first kappa shape index (κ1) is 21.5. The van der Waals surface area contributed by atoms with Crippen LogP contribution in [0.1, 0.15) is 41.5 Å². The lowest BCUT2D eigenvalue weighted by Crippen LogP contribution is -2.03. The third kappa shape index (κ3) is 7.05. The molecule has 0 saturated heterocycles. The van der Waals surface area contributed by atoms with Gasteiger partial charge in [-0.25, -0.2) is 0 Å². The van der Waals surface area contributed by atoms with Gasteiger partial charge in [0.05, 0.1) is 0 Å². The van der Waals surface area contributed by atoms with Crippen LogP contribution in [0, 0.1) is 0 Å². The predicted molar refractivity (Wildman–Crippen MR) is 124 cm³/mol. The van der Waals surface area contributed by atoms with E-state index in [2.05, 4.69) is 73.8 Å². The van der Waals surface area contributed by atoms with Crippen LogP contribution in [-0.4, -0.2) is 6.54 Å². The molecule has 0 aliphatic rings. The minimum absolute atomic E-state index is 0.706. The molecule has 0 amide bonds. The summed E-state index contributed by atoms with van der Waals surface area (Å²) in [5.41, 5.74) is 18.9. The van der Waals surface area contributed by atoms with Crippen molar-refractivity contribution in [2.24, 2.45) is 11.5 Å². The van der Waals surface area contributed by atoms with E-state index < -0.39 is 0 Å². The first-order valence-electron chi connectivity index (χ1n) is 9.94. The molecule has 146 valence electrons. The Labute approximate surface area is 170 Å².